The molecule has 6 rings (SSSR count). The molecule has 33 heavy (non-hydrogen) atoms. The highest BCUT2D eigenvalue weighted by Gasteiger charge is 2.58. The normalized spacial score (nSPS) is 31.9. The van der Waals surface area contributed by atoms with E-state index in [9.17, 15) is 22.4 Å². The summed E-state index contributed by atoms with van der Waals surface area (Å²) in [6.07, 6.45) is 2.12. The molecule has 2 saturated heterocycles. The molecular weight excluding hydrogens is 436 g/mol. The number of rotatable bonds is 4. The first-order valence-electron chi connectivity index (χ1n) is 11.6. The predicted octanol–water partition coefficient (Wildman–Crippen LogP) is 6.28. The number of ether oxygens (including phenoxy) is 1. The number of carbonyl (C=O) groups excluding carboxylic acids is 1. The molecule has 1 amide bonds. The molecule has 4 aliphatic rings. The minimum Gasteiger partial charge on any atom is -0.402 e. The molecule has 0 spiro atoms. The van der Waals surface area contributed by atoms with Crippen LogP contribution in [0.1, 0.15) is 70.8 Å². The zero-order chi connectivity index (χ0) is 23.9. The first kappa shape index (κ1) is 22.5. The smallest absolute Gasteiger partial charge is 0.402 e. The van der Waals surface area contributed by atoms with Crippen molar-refractivity contribution in [2.45, 2.75) is 83.7 Å². The molecule has 0 radical (unpaired) electrons. The standard InChI is InChI=1S/C25H30F4N2O2/c1-14(7-20(32)31-15-8-23(2)9-16(31)11-24(3,10-15)13-23)17-12-30(4)19-6-5-18(26)22(21(17)19)33-25(27,28)29/h5-6,12,14-16H,7-11,13H2,1-4H3. The van der Waals surface area contributed by atoms with Gasteiger partial charge >= 0.3 is 6.36 Å². The van der Waals surface area contributed by atoms with Crippen LogP contribution in [0.2, 0.25) is 0 Å². The maximum absolute atomic E-state index is 14.4. The summed E-state index contributed by atoms with van der Waals surface area (Å²) in [5.74, 6) is -2.25. The average molecular weight is 467 g/mol. The lowest BCUT2D eigenvalue weighted by Gasteiger charge is -2.64. The summed E-state index contributed by atoms with van der Waals surface area (Å²) in [7, 11) is 1.69. The molecular formula is C25H30F4N2O2. The molecule has 4 bridgehead atoms. The summed E-state index contributed by atoms with van der Waals surface area (Å²) < 4.78 is 59.2. The van der Waals surface area contributed by atoms with Gasteiger partial charge in [0.1, 0.15) is 0 Å². The second-order valence-corrected chi connectivity index (χ2v) is 11.3. The summed E-state index contributed by atoms with van der Waals surface area (Å²) in [4.78, 5) is 15.6. The molecule has 3 heterocycles. The number of amides is 1. The third kappa shape index (κ3) is 3.79. The Hall–Kier alpha value is -2.25. The van der Waals surface area contributed by atoms with E-state index in [1.165, 1.54) is 12.5 Å². The molecule has 4 fully saturated rings. The highest BCUT2D eigenvalue weighted by molar-refractivity contribution is 5.91. The highest BCUT2D eigenvalue weighted by atomic mass is 19.4. The lowest BCUT2D eigenvalue weighted by Crippen LogP contribution is -2.65. The van der Waals surface area contributed by atoms with E-state index in [2.05, 4.69) is 23.5 Å². The molecule has 8 heteroatoms. The molecule has 4 nitrogen and oxygen atoms in total. The number of piperidine rings is 2. The van der Waals surface area contributed by atoms with Gasteiger partial charge in [-0.3, -0.25) is 4.79 Å². The summed E-state index contributed by atoms with van der Waals surface area (Å²) in [5.41, 5.74) is 1.50. The van der Waals surface area contributed by atoms with E-state index >= 15 is 0 Å². The first-order chi connectivity index (χ1) is 15.3. The maximum atomic E-state index is 14.4. The van der Waals surface area contributed by atoms with Crippen molar-refractivity contribution in [2.24, 2.45) is 17.9 Å². The molecule has 1 atom stereocenters. The molecule has 180 valence electrons. The molecule has 2 aliphatic heterocycles. The van der Waals surface area contributed by atoms with Crippen LogP contribution in [0.5, 0.6) is 5.75 Å². The molecule has 1 aromatic carbocycles. The fraction of sp³-hybridized carbons (Fsp3) is 0.640. The number of carbonyl (C=O) groups is 1. The Morgan fingerprint density at radius 3 is 2.27 bits per heavy atom. The zero-order valence-corrected chi connectivity index (χ0v) is 19.4. The van der Waals surface area contributed by atoms with Gasteiger partial charge in [0, 0.05) is 37.1 Å². The van der Waals surface area contributed by atoms with Gasteiger partial charge in [-0.1, -0.05) is 20.8 Å². The summed E-state index contributed by atoms with van der Waals surface area (Å²) >= 11 is 0. The second-order valence-electron chi connectivity index (χ2n) is 11.3. The van der Waals surface area contributed by atoms with Crippen LogP contribution in [0.4, 0.5) is 17.6 Å². The van der Waals surface area contributed by atoms with Crippen LogP contribution in [0, 0.1) is 16.6 Å². The van der Waals surface area contributed by atoms with Gasteiger partial charge in [-0.2, -0.15) is 0 Å². The topological polar surface area (TPSA) is 34.5 Å². The number of fused-ring (bicyclic) bond motifs is 1. The summed E-state index contributed by atoms with van der Waals surface area (Å²) in [6.45, 7) is 6.48. The van der Waals surface area contributed by atoms with Crippen LogP contribution >= 0.6 is 0 Å². The highest BCUT2D eigenvalue weighted by Crippen LogP contribution is 2.61. The molecule has 0 N–H and O–H groups in total. The maximum Gasteiger partial charge on any atom is 0.573 e. The van der Waals surface area contributed by atoms with Crippen molar-refractivity contribution in [3.05, 3.63) is 29.7 Å². The fourth-order valence-corrected chi connectivity index (χ4v) is 7.53. The first-order valence-corrected chi connectivity index (χ1v) is 11.6. The van der Waals surface area contributed by atoms with Crippen LogP contribution in [-0.2, 0) is 11.8 Å². The van der Waals surface area contributed by atoms with Crippen molar-refractivity contribution in [1.29, 1.82) is 0 Å². The third-order valence-corrected chi connectivity index (χ3v) is 8.16. The number of hydrogen-bond donors (Lipinski definition) is 0. The molecule has 1 unspecified atom stereocenters. The predicted molar refractivity (Wildman–Crippen MR) is 116 cm³/mol. The van der Waals surface area contributed by atoms with E-state index in [-0.39, 0.29) is 35.7 Å². The Balaban J connectivity index is 1.44. The number of aryl methyl sites for hydroxylation is 1. The quantitative estimate of drug-likeness (QED) is 0.497. The lowest BCUT2D eigenvalue weighted by atomic mass is 9.50. The summed E-state index contributed by atoms with van der Waals surface area (Å²) in [6, 6.07) is 2.88. The molecule has 2 aromatic rings. The number of alkyl halides is 3. The Morgan fingerprint density at radius 1 is 1.15 bits per heavy atom. The van der Waals surface area contributed by atoms with E-state index in [1.54, 1.807) is 17.8 Å². The van der Waals surface area contributed by atoms with Gasteiger partial charge in [0.25, 0.3) is 0 Å². The molecule has 2 aliphatic carbocycles. The Bertz CT molecular complexity index is 1090. The molecule has 1 aromatic heterocycles. The number of hydrogen-bond acceptors (Lipinski definition) is 2. The summed E-state index contributed by atoms with van der Waals surface area (Å²) in [5, 5.41) is 0.0789. The second kappa shape index (κ2) is 7.12. The Morgan fingerprint density at radius 2 is 1.73 bits per heavy atom. The zero-order valence-electron chi connectivity index (χ0n) is 19.4. The van der Waals surface area contributed by atoms with Crippen molar-refractivity contribution in [1.82, 2.24) is 9.47 Å². The van der Waals surface area contributed by atoms with E-state index < -0.39 is 17.9 Å². The van der Waals surface area contributed by atoms with Gasteiger partial charge in [0.15, 0.2) is 11.6 Å². The van der Waals surface area contributed by atoms with E-state index in [0.29, 0.717) is 21.9 Å². The van der Waals surface area contributed by atoms with Gasteiger partial charge in [-0.15, -0.1) is 13.2 Å². The minimum absolute atomic E-state index is 0.0372. The number of halogens is 4. The van der Waals surface area contributed by atoms with E-state index in [4.69, 9.17) is 0 Å². The largest absolute Gasteiger partial charge is 0.573 e. The minimum atomic E-state index is -5.01. The van der Waals surface area contributed by atoms with Gasteiger partial charge < -0.3 is 14.2 Å². The lowest BCUT2D eigenvalue weighted by molar-refractivity contribution is -0.275. The number of aromatic nitrogens is 1. The van der Waals surface area contributed by atoms with Crippen molar-refractivity contribution >= 4 is 16.8 Å². The van der Waals surface area contributed by atoms with Gasteiger partial charge in [0.2, 0.25) is 5.91 Å². The van der Waals surface area contributed by atoms with Crippen LogP contribution in [0.25, 0.3) is 10.9 Å². The van der Waals surface area contributed by atoms with Crippen LogP contribution in [0.3, 0.4) is 0 Å². The number of nitrogens with zero attached hydrogens (tertiary/aromatic N) is 2. The van der Waals surface area contributed by atoms with Crippen molar-refractivity contribution in [2.75, 3.05) is 0 Å². The van der Waals surface area contributed by atoms with Crippen LogP contribution < -0.4 is 4.74 Å². The van der Waals surface area contributed by atoms with Crippen molar-refractivity contribution < 1.29 is 27.1 Å². The van der Waals surface area contributed by atoms with Crippen LogP contribution in [-0.4, -0.2) is 33.8 Å². The van der Waals surface area contributed by atoms with E-state index in [1.807, 2.05) is 6.92 Å². The van der Waals surface area contributed by atoms with Gasteiger partial charge in [-0.25, -0.2) is 4.39 Å². The third-order valence-electron chi connectivity index (χ3n) is 8.16. The fourth-order valence-electron chi connectivity index (χ4n) is 7.53. The molecule has 2 saturated carbocycles. The van der Waals surface area contributed by atoms with Gasteiger partial charge in [-0.05, 0) is 66.5 Å². The van der Waals surface area contributed by atoms with Crippen LogP contribution in [0.15, 0.2) is 18.3 Å². The van der Waals surface area contributed by atoms with Gasteiger partial charge in [0.05, 0.1) is 5.52 Å². The van der Waals surface area contributed by atoms with E-state index in [0.717, 1.165) is 31.7 Å². The Labute approximate surface area is 190 Å². The monoisotopic (exact) mass is 466 g/mol. The Kier molecular flexibility index (Phi) is 4.87. The average Bonchev–Trinajstić information content (AvgIpc) is 2.97. The number of benzene rings is 1. The van der Waals surface area contributed by atoms with Crippen molar-refractivity contribution in [3.63, 3.8) is 0 Å². The SMILES string of the molecule is CC(CC(=O)N1C2CC3(C)CC1CC(C)(C2)C3)c1cn(C)c2ccc(F)c(OC(F)(F)F)c12. The van der Waals surface area contributed by atoms with Crippen molar-refractivity contribution in [3.8, 4) is 5.75 Å².